The van der Waals surface area contributed by atoms with Crippen molar-refractivity contribution in [2.24, 2.45) is 0 Å². The lowest BCUT2D eigenvalue weighted by Gasteiger charge is -2.28. The van der Waals surface area contributed by atoms with Crippen molar-refractivity contribution in [3.63, 3.8) is 0 Å². The van der Waals surface area contributed by atoms with E-state index in [0.29, 0.717) is 0 Å². The summed E-state index contributed by atoms with van der Waals surface area (Å²) < 4.78 is 3.98. The molecule has 6 heteroatoms. The molecule has 1 atom stereocenters. The van der Waals surface area contributed by atoms with E-state index in [0.717, 1.165) is 50.0 Å². The number of carbonyl (C=O) groups excluding carboxylic acids is 1. The molecule has 0 radical (unpaired) electrons. The van der Waals surface area contributed by atoms with Gasteiger partial charge in [0.25, 0.3) is 0 Å². The Balaban J connectivity index is 1.62. The lowest BCUT2D eigenvalue weighted by molar-refractivity contribution is -0.121. The first kappa shape index (κ1) is 20.8. The molecule has 1 unspecified atom stereocenters. The zero-order valence-corrected chi connectivity index (χ0v) is 17.7. The third-order valence-corrected chi connectivity index (χ3v) is 5.36. The largest absolute Gasteiger partial charge is 0.337 e. The minimum Gasteiger partial charge on any atom is -0.337 e. The number of aryl methyl sites for hydroxylation is 3. The Labute approximate surface area is 173 Å². The molecule has 0 N–H and O–H groups in total. The molecule has 0 aliphatic heterocycles. The zero-order valence-electron chi connectivity index (χ0n) is 17.7. The van der Waals surface area contributed by atoms with Crippen LogP contribution < -0.4 is 4.90 Å². The molecule has 0 saturated carbocycles. The minimum atomic E-state index is -0.279. The Bertz CT molecular complexity index is 886. The van der Waals surface area contributed by atoms with Crippen molar-refractivity contribution in [3.05, 3.63) is 66.8 Å². The summed E-state index contributed by atoms with van der Waals surface area (Å²) in [6, 6.07) is 6.03. The van der Waals surface area contributed by atoms with Crippen LogP contribution in [0.5, 0.6) is 0 Å². The molecule has 0 aliphatic rings. The highest BCUT2D eigenvalue weighted by Crippen LogP contribution is 2.25. The Morgan fingerprint density at radius 3 is 2.52 bits per heavy atom. The van der Waals surface area contributed by atoms with Gasteiger partial charge >= 0.3 is 0 Å². The lowest BCUT2D eigenvalue weighted by atomic mass is 10.1. The summed E-state index contributed by atoms with van der Waals surface area (Å²) in [4.78, 5) is 23.5. The van der Waals surface area contributed by atoms with Crippen molar-refractivity contribution in [1.82, 2.24) is 19.1 Å². The van der Waals surface area contributed by atoms with Crippen LogP contribution in [0.3, 0.4) is 0 Å². The van der Waals surface area contributed by atoms with Crippen LogP contribution in [0.25, 0.3) is 0 Å². The fraction of sp³-hybridized carbons (Fsp3) is 0.435. The lowest BCUT2D eigenvalue weighted by Crippen LogP contribution is -2.37. The van der Waals surface area contributed by atoms with Crippen molar-refractivity contribution in [2.45, 2.75) is 59.0 Å². The SMILES string of the molecule is Cc1ccc(C)c(N(CCCCCCn2ccnc2)C(=O)C(C)n2ccnc2)c1. The van der Waals surface area contributed by atoms with Gasteiger partial charge in [-0.2, -0.15) is 0 Å². The number of hydrogen-bond acceptors (Lipinski definition) is 3. The minimum absolute atomic E-state index is 0.107. The fourth-order valence-electron chi connectivity index (χ4n) is 3.55. The molecule has 0 saturated heterocycles. The predicted molar refractivity (Wildman–Crippen MR) is 116 cm³/mol. The van der Waals surface area contributed by atoms with E-state index in [1.807, 2.05) is 41.3 Å². The van der Waals surface area contributed by atoms with E-state index >= 15 is 0 Å². The third-order valence-electron chi connectivity index (χ3n) is 5.36. The molecule has 3 rings (SSSR count). The highest BCUT2D eigenvalue weighted by molar-refractivity contribution is 5.96. The van der Waals surface area contributed by atoms with Gasteiger partial charge in [-0.05, 0) is 50.8 Å². The number of unbranched alkanes of at least 4 members (excludes halogenated alkanes) is 3. The summed E-state index contributed by atoms with van der Waals surface area (Å²) in [6.07, 6.45) is 15.3. The van der Waals surface area contributed by atoms with Gasteiger partial charge in [0, 0.05) is 43.6 Å². The first-order valence-electron chi connectivity index (χ1n) is 10.4. The van der Waals surface area contributed by atoms with E-state index in [1.165, 1.54) is 5.56 Å². The molecule has 154 valence electrons. The number of anilines is 1. The molecule has 1 aromatic carbocycles. The Morgan fingerprint density at radius 2 is 1.79 bits per heavy atom. The molecule has 0 spiro atoms. The van der Waals surface area contributed by atoms with E-state index in [9.17, 15) is 4.79 Å². The number of hydrogen-bond donors (Lipinski definition) is 0. The monoisotopic (exact) mass is 393 g/mol. The van der Waals surface area contributed by atoms with E-state index < -0.39 is 0 Å². The highest BCUT2D eigenvalue weighted by atomic mass is 16.2. The molecule has 29 heavy (non-hydrogen) atoms. The van der Waals surface area contributed by atoms with Crippen molar-refractivity contribution in [2.75, 3.05) is 11.4 Å². The Morgan fingerprint density at radius 1 is 1.03 bits per heavy atom. The number of nitrogens with zero attached hydrogens (tertiary/aromatic N) is 5. The molecule has 3 aromatic rings. The topological polar surface area (TPSA) is 56.0 Å². The highest BCUT2D eigenvalue weighted by Gasteiger charge is 2.24. The number of imidazole rings is 2. The zero-order chi connectivity index (χ0) is 20.6. The summed E-state index contributed by atoms with van der Waals surface area (Å²) in [5.41, 5.74) is 3.31. The van der Waals surface area contributed by atoms with Gasteiger partial charge in [-0.1, -0.05) is 25.0 Å². The summed E-state index contributed by atoms with van der Waals surface area (Å²) in [5.74, 6) is 0.107. The third kappa shape index (κ3) is 5.56. The van der Waals surface area contributed by atoms with Crippen LogP contribution >= 0.6 is 0 Å². The van der Waals surface area contributed by atoms with Crippen LogP contribution in [0.2, 0.25) is 0 Å². The number of aromatic nitrogens is 4. The average molecular weight is 394 g/mol. The second-order valence-corrected chi connectivity index (χ2v) is 7.68. The number of benzene rings is 1. The molecular weight excluding hydrogens is 362 g/mol. The molecule has 2 aromatic heterocycles. The normalized spacial score (nSPS) is 12.1. The average Bonchev–Trinajstić information content (AvgIpc) is 3.42. The van der Waals surface area contributed by atoms with Crippen molar-refractivity contribution >= 4 is 11.6 Å². The predicted octanol–water partition coefficient (Wildman–Crippen LogP) is 4.55. The van der Waals surface area contributed by atoms with Gasteiger partial charge in [0.2, 0.25) is 5.91 Å². The van der Waals surface area contributed by atoms with E-state index in [1.54, 1.807) is 12.5 Å². The Hall–Kier alpha value is -2.89. The second kappa shape index (κ2) is 10.0. The summed E-state index contributed by atoms with van der Waals surface area (Å²) in [5, 5.41) is 0. The molecule has 0 aliphatic carbocycles. The van der Waals surface area contributed by atoms with Gasteiger partial charge in [-0.25, -0.2) is 9.97 Å². The van der Waals surface area contributed by atoms with Crippen molar-refractivity contribution < 1.29 is 4.79 Å². The summed E-state index contributed by atoms with van der Waals surface area (Å²) >= 11 is 0. The van der Waals surface area contributed by atoms with Crippen LogP contribution in [0.4, 0.5) is 5.69 Å². The Kier molecular flexibility index (Phi) is 7.22. The van der Waals surface area contributed by atoms with Crippen LogP contribution in [-0.4, -0.2) is 31.6 Å². The smallest absolute Gasteiger partial charge is 0.249 e. The molecule has 0 fully saturated rings. The molecule has 2 heterocycles. The number of carbonyl (C=O) groups is 1. The van der Waals surface area contributed by atoms with Crippen LogP contribution in [-0.2, 0) is 11.3 Å². The van der Waals surface area contributed by atoms with E-state index in [2.05, 4.69) is 46.6 Å². The van der Waals surface area contributed by atoms with Crippen LogP contribution in [0.15, 0.2) is 55.6 Å². The van der Waals surface area contributed by atoms with E-state index in [-0.39, 0.29) is 11.9 Å². The molecular formula is C23H31N5O. The van der Waals surface area contributed by atoms with Gasteiger partial charge in [-0.15, -0.1) is 0 Å². The van der Waals surface area contributed by atoms with Gasteiger partial charge < -0.3 is 14.0 Å². The quantitative estimate of drug-likeness (QED) is 0.475. The van der Waals surface area contributed by atoms with E-state index in [4.69, 9.17) is 0 Å². The standard InChI is InChI=1S/C23H31N5O/c1-19-8-9-20(2)22(16-19)28(23(29)21(3)27-15-11-25-18-27)13-7-5-4-6-12-26-14-10-24-17-26/h8-11,14-18,21H,4-7,12-13H2,1-3H3. The fourth-order valence-corrected chi connectivity index (χ4v) is 3.55. The summed E-state index contributed by atoms with van der Waals surface area (Å²) in [6.45, 7) is 7.81. The molecule has 6 nitrogen and oxygen atoms in total. The first-order chi connectivity index (χ1) is 14.1. The number of rotatable bonds is 10. The maximum atomic E-state index is 13.3. The molecule has 1 amide bonds. The maximum absolute atomic E-state index is 13.3. The first-order valence-corrected chi connectivity index (χ1v) is 10.4. The maximum Gasteiger partial charge on any atom is 0.249 e. The summed E-state index contributed by atoms with van der Waals surface area (Å²) in [7, 11) is 0. The molecule has 0 bridgehead atoms. The van der Waals surface area contributed by atoms with Gasteiger partial charge in [-0.3, -0.25) is 4.79 Å². The number of amides is 1. The second-order valence-electron chi connectivity index (χ2n) is 7.68. The van der Waals surface area contributed by atoms with Crippen molar-refractivity contribution in [1.29, 1.82) is 0 Å². The van der Waals surface area contributed by atoms with Gasteiger partial charge in [0.1, 0.15) is 6.04 Å². The van der Waals surface area contributed by atoms with Gasteiger partial charge in [0.05, 0.1) is 12.7 Å². The van der Waals surface area contributed by atoms with Gasteiger partial charge in [0.15, 0.2) is 0 Å². The van der Waals surface area contributed by atoms with Crippen LogP contribution in [0, 0.1) is 13.8 Å². The van der Waals surface area contributed by atoms with Crippen molar-refractivity contribution in [3.8, 4) is 0 Å². The van der Waals surface area contributed by atoms with Crippen LogP contribution in [0.1, 0.15) is 49.8 Å².